The standard InChI is InChI=1S/C21H25N3O3/c22-19-11-4-6-15(19)12-20(25)24-17-9-5-10-18(13-17)27-14-21(26)23-16-7-2-1-3-8-16/h1-3,5,7-10,13,15,19H,4,6,11-12,14,22H2,(H,23,26)(H,24,25)/t15-,19+/m0/s1. The molecule has 0 bridgehead atoms. The summed E-state index contributed by atoms with van der Waals surface area (Å²) in [5, 5.41) is 5.64. The quantitative estimate of drug-likeness (QED) is 0.701. The molecule has 142 valence electrons. The highest BCUT2D eigenvalue weighted by Gasteiger charge is 2.26. The third-order valence-corrected chi connectivity index (χ3v) is 4.71. The van der Waals surface area contributed by atoms with Crippen molar-refractivity contribution in [2.75, 3.05) is 17.2 Å². The molecule has 0 heterocycles. The second kappa shape index (κ2) is 9.19. The monoisotopic (exact) mass is 367 g/mol. The van der Waals surface area contributed by atoms with Gasteiger partial charge in [0, 0.05) is 29.9 Å². The number of nitrogens with one attached hydrogen (secondary N) is 2. The van der Waals surface area contributed by atoms with Crippen LogP contribution in [0.4, 0.5) is 11.4 Å². The Morgan fingerprint density at radius 1 is 0.963 bits per heavy atom. The summed E-state index contributed by atoms with van der Waals surface area (Å²) in [5.41, 5.74) is 7.40. The maximum absolute atomic E-state index is 12.2. The molecule has 3 rings (SSSR count). The molecule has 1 aliphatic carbocycles. The summed E-state index contributed by atoms with van der Waals surface area (Å²) < 4.78 is 5.53. The van der Waals surface area contributed by atoms with Gasteiger partial charge in [-0.2, -0.15) is 0 Å². The number of anilines is 2. The number of amides is 2. The number of benzene rings is 2. The van der Waals surface area contributed by atoms with Gasteiger partial charge in [-0.3, -0.25) is 9.59 Å². The molecule has 2 aromatic rings. The molecule has 0 saturated heterocycles. The number of carbonyl (C=O) groups is 2. The van der Waals surface area contributed by atoms with Crippen molar-refractivity contribution in [1.82, 2.24) is 0 Å². The normalized spacial score (nSPS) is 18.7. The van der Waals surface area contributed by atoms with Crippen molar-refractivity contribution in [3.8, 4) is 5.75 Å². The predicted molar refractivity (Wildman–Crippen MR) is 106 cm³/mol. The van der Waals surface area contributed by atoms with Crippen molar-refractivity contribution in [3.05, 3.63) is 54.6 Å². The number of rotatable bonds is 7. The lowest BCUT2D eigenvalue weighted by Gasteiger charge is -2.15. The zero-order valence-electron chi connectivity index (χ0n) is 15.2. The number of carbonyl (C=O) groups excluding carboxylic acids is 2. The summed E-state index contributed by atoms with van der Waals surface area (Å²) in [6, 6.07) is 16.3. The summed E-state index contributed by atoms with van der Waals surface area (Å²) in [7, 11) is 0. The summed E-state index contributed by atoms with van der Waals surface area (Å²) in [6.07, 6.45) is 3.53. The maximum atomic E-state index is 12.2. The van der Waals surface area contributed by atoms with E-state index in [1.54, 1.807) is 24.3 Å². The van der Waals surface area contributed by atoms with Crippen molar-refractivity contribution in [1.29, 1.82) is 0 Å². The fourth-order valence-corrected chi connectivity index (χ4v) is 3.30. The van der Waals surface area contributed by atoms with Gasteiger partial charge in [0.1, 0.15) is 5.75 Å². The second-order valence-electron chi connectivity index (χ2n) is 6.84. The Hall–Kier alpha value is -2.86. The number of nitrogens with two attached hydrogens (primary N) is 1. The molecule has 6 heteroatoms. The molecule has 2 aromatic carbocycles. The van der Waals surface area contributed by atoms with E-state index in [4.69, 9.17) is 10.5 Å². The first-order valence-corrected chi connectivity index (χ1v) is 9.23. The molecule has 0 radical (unpaired) electrons. The molecule has 4 N–H and O–H groups in total. The van der Waals surface area contributed by atoms with Crippen LogP contribution in [0.1, 0.15) is 25.7 Å². The van der Waals surface area contributed by atoms with Gasteiger partial charge in [-0.1, -0.05) is 30.7 Å². The summed E-state index contributed by atoms with van der Waals surface area (Å²) in [4.78, 5) is 24.2. The Balaban J connectivity index is 1.48. The molecule has 6 nitrogen and oxygen atoms in total. The minimum Gasteiger partial charge on any atom is -0.484 e. The molecular formula is C21H25N3O3. The van der Waals surface area contributed by atoms with Crippen molar-refractivity contribution < 1.29 is 14.3 Å². The fraction of sp³-hybridized carbons (Fsp3) is 0.333. The molecule has 2 amide bonds. The lowest BCUT2D eigenvalue weighted by atomic mass is 10.00. The SMILES string of the molecule is N[C@@H]1CCC[C@H]1CC(=O)Nc1cccc(OCC(=O)Nc2ccccc2)c1. The van der Waals surface area contributed by atoms with Crippen molar-refractivity contribution >= 4 is 23.2 Å². The zero-order chi connectivity index (χ0) is 19.1. The van der Waals surface area contributed by atoms with Crippen LogP contribution in [0.3, 0.4) is 0 Å². The van der Waals surface area contributed by atoms with Crippen molar-refractivity contribution in [2.24, 2.45) is 11.7 Å². The molecule has 1 fully saturated rings. The molecule has 0 unspecified atom stereocenters. The molecule has 1 aliphatic rings. The molecule has 27 heavy (non-hydrogen) atoms. The third-order valence-electron chi connectivity index (χ3n) is 4.71. The van der Waals surface area contributed by atoms with Gasteiger partial charge < -0.3 is 21.1 Å². The van der Waals surface area contributed by atoms with E-state index in [2.05, 4.69) is 10.6 Å². The highest BCUT2D eigenvalue weighted by atomic mass is 16.5. The van der Waals surface area contributed by atoms with E-state index < -0.39 is 0 Å². The van der Waals surface area contributed by atoms with Gasteiger partial charge in [0.05, 0.1) is 0 Å². The van der Waals surface area contributed by atoms with E-state index in [0.717, 1.165) is 24.9 Å². The Bertz CT molecular complexity index is 779. The zero-order valence-corrected chi connectivity index (χ0v) is 15.2. The number of ether oxygens (including phenoxy) is 1. The van der Waals surface area contributed by atoms with Gasteiger partial charge in [-0.15, -0.1) is 0 Å². The Kier molecular flexibility index (Phi) is 6.44. The van der Waals surface area contributed by atoms with Crippen LogP contribution in [0.2, 0.25) is 0 Å². The lowest BCUT2D eigenvalue weighted by molar-refractivity contribution is -0.118. The van der Waals surface area contributed by atoms with Crippen LogP contribution < -0.4 is 21.1 Å². The van der Waals surface area contributed by atoms with E-state index in [1.807, 2.05) is 30.3 Å². The Morgan fingerprint density at radius 3 is 2.44 bits per heavy atom. The fourth-order valence-electron chi connectivity index (χ4n) is 3.30. The molecule has 2 atom stereocenters. The molecule has 0 spiro atoms. The molecule has 0 aromatic heterocycles. The number of para-hydroxylation sites is 1. The van der Waals surface area contributed by atoms with E-state index in [-0.39, 0.29) is 30.4 Å². The highest BCUT2D eigenvalue weighted by molar-refractivity contribution is 5.92. The minimum atomic E-state index is -0.245. The van der Waals surface area contributed by atoms with E-state index >= 15 is 0 Å². The maximum Gasteiger partial charge on any atom is 0.262 e. The number of hydrogen-bond acceptors (Lipinski definition) is 4. The second-order valence-corrected chi connectivity index (χ2v) is 6.84. The van der Waals surface area contributed by atoms with Crippen molar-refractivity contribution in [3.63, 3.8) is 0 Å². The highest BCUT2D eigenvalue weighted by Crippen LogP contribution is 2.27. The first-order chi connectivity index (χ1) is 13.1. The average molecular weight is 367 g/mol. The van der Waals surface area contributed by atoms with Crippen molar-refractivity contribution in [2.45, 2.75) is 31.7 Å². The van der Waals surface area contributed by atoms with Crippen LogP contribution in [0.25, 0.3) is 0 Å². The average Bonchev–Trinajstić information content (AvgIpc) is 3.06. The van der Waals surface area contributed by atoms with Crippen LogP contribution in [0.15, 0.2) is 54.6 Å². The van der Waals surface area contributed by atoms with Gasteiger partial charge in [0.2, 0.25) is 5.91 Å². The van der Waals surface area contributed by atoms with Crippen LogP contribution in [0, 0.1) is 5.92 Å². The first kappa shape index (κ1) is 18.9. The van der Waals surface area contributed by atoms with Gasteiger partial charge >= 0.3 is 0 Å². The van der Waals surface area contributed by atoms with Gasteiger partial charge in [-0.25, -0.2) is 0 Å². The van der Waals surface area contributed by atoms with E-state index in [0.29, 0.717) is 17.9 Å². The summed E-state index contributed by atoms with van der Waals surface area (Å²) in [5.74, 6) is 0.488. The van der Waals surface area contributed by atoms with E-state index in [9.17, 15) is 9.59 Å². The van der Waals surface area contributed by atoms with Gasteiger partial charge in [0.15, 0.2) is 6.61 Å². The van der Waals surface area contributed by atoms with E-state index in [1.165, 1.54) is 0 Å². The molecular weight excluding hydrogens is 342 g/mol. The minimum absolute atomic E-state index is 0.0451. The number of hydrogen-bond donors (Lipinski definition) is 3. The smallest absolute Gasteiger partial charge is 0.262 e. The Labute approximate surface area is 159 Å². The first-order valence-electron chi connectivity index (χ1n) is 9.23. The van der Waals surface area contributed by atoms with Crippen LogP contribution in [-0.2, 0) is 9.59 Å². The summed E-state index contributed by atoms with van der Waals surface area (Å²) in [6.45, 7) is -0.108. The Morgan fingerprint density at radius 2 is 1.70 bits per heavy atom. The molecule has 1 saturated carbocycles. The predicted octanol–water partition coefficient (Wildman–Crippen LogP) is 3.16. The van der Waals surface area contributed by atoms with Gasteiger partial charge in [-0.05, 0) is 43.0 Å². The van der Waals surface area contributed by atoms with Crippen LogP contribution in [0.5, 0.6) is 5.75 Å². The lowest BCUT2D eigenvalue weighted by Crippen LogP contribution is -2.28. The van der Waals surface area contributed by atoms with Crippen LogP contribution in [-0.4, -0.2) is 24.5 Å². The summed E-state index contributed by atoms with van der Waals surface area (Å²) >= 11 is 0. The largest absolute Gasteiger partial charge is 0.484 e. The third kappa shape index (κ3) is 5.82. The van der Waals surface area contributed by atoms with Gasteiger partial charge in [0.25, 0.3) is 5.91 Å². The van der Waals surface area contributed by atoms with Crippen LogP contribution >= 0.6 is 0 Å². The molecule has 0 aliphatic heterocycles. The topological polar surface area (TPSA) is 93.5 Å².